The Morgan fingerprint density at radius 3 is 2.56 bits per heavy atom. The topological polar surface area (TPSA) is 74.7 Å². The van der Waals surface area contributed by atoms with Gasteiger partial charge in [-0.1, -0.05) is 18.2 Å². The zero-order chi connectivity index (χ0) is 18.0. The van der Waals surface area contributed by atoms with Crippen LogP contribution in [0.15, 0.2) is 47.4 Å². The van der Waals surface area contributed by atoms with Gasteiger partial charge in [0.1, 0.15) is 5.82 Å². The molecule has 0 amide bonds. The normalized spacial score (nSPS) is 14.2. The second-order valence-electron chi connectivity index (χ2n) is 5.99. The predicted molar refractivity (Wildman–Crippen MR) is 91.7 cm³/mol. The molecule has 2 aromatic rings. The van der Waals surface area contributed by atoms with Gasteiger partial charge in [0.2, 0.25) is 0 Å². The molecule has 0 radical (unpaired) electrons. The fourth-order valence-corrected chi connectivity index (χ4v) is 4.50. The average molecular weight is 363 g/mol. The molecule has 0 unspecified atom stereocenters. The fraction of sp³-hybridized carbons (Fsp3) is 0.278. The third kappa shape index (κ3) is 3.66. The SMILES string of the molecule is O=C(O)CCc1ccc(S(=O)(=O)N2CCCc3ccc(F)cc32)cc1. The van der Waals surface area contributed by atoms with E-state index in [0.29, 0.717) is 25.1 Å². The van der Waals surface area contributed by atoms with Crippen molar-refractivity contribution in [2.45, 2.75) is 30.6 Å². The van der Waals surface area contributed by atoms with E-state index < -0.39 is 21.8 Å². The number of aliphatic carboxylic acids is 1. The van der Waals surface area contributed by atoms with E-state index in [1.165, 1.54) is 28.6 Å². The van der Waals surface area contributed by atoms with Crippen molar-refractivity contribution in [2.75, 3.05) is 10.8 Å². The second kappa shape index (κ2) is 6.84. The molecule has 0 aromatic heterocycles. The molecule has 0 fully saturated rings. The number of carboxylic acids is 1. The van der Waals surface area contributed by atoms with Gasteiger partial charge in [-0.25, -0.2) is 12.8 Å². The number of rotatable bonds is 5. The van der Waals surface area contributed by atoms with Crippen LogP contribution >= 0.6 is 0 Å². The number of carboxylic acid groups (broad SMARTS) is 1. The summed E-state index contributed by atoms with van der Waals surface area (Å²) >= 11 is 0. The smallest absolute Gasteiger partial charge is 0.303 e. The quantitative estimate of drug-likeness (QED) is 0.886. The molecule has 0 saturated carbocycles. The molecule has 1 N–H and O–H groups in total. The summed E-state index contributed by atoms with van der Waals surface area (Å²) in [6.07, 6.45) is 1.72. The molecule has 1 heterocycles. The van der Waals surface area contributed by atoms with Crippen LogP contribution in [0.25, 0.3) is 0 Å². The van der Waals surface area contributed by atoms with Gasteiger partial charge < -0.3 is 5.11 Å². The minimum absolute atomic E-state index is 0.00905. The lowest BCUT2D eigenvalue weighted by Crippen LogP contribution is -2.35. The van der Waals surface area contributed by atoms with Crippen LogP contribution in [0, 0.1) is 5.82 Å². The van der Waals surface area contributed by atoms with Gasteiger partial charge in [-0.05, 0) is 54.7 Å². The van der Waals surface area contributed by atoms with Gasteiger partial charge >= 0.3 is 5.97 Å². The van der Waals surface area contributed by atoms with E-state index in [2.05, 4.69) is 0 Å². The number of hydrogen-bond acceptors (Lipinski definition) is 3. The highest BCUT2D eigenvalue weighted by molar-refractivity contribution is 7.92. The van der Waals surface area contributed by atoms with Crippen LogP contribution in [0.3, 0.4) is 0 Å². The van der Waals surface area contributed by atoms with Gasteiger partial charge in [0.25, 0.3) is 10.0 Å². The van der Waals surface area contributed by atoms with Crippen molar-refractivity contribution in [3.8, 4) is 0 Å². The summed E-state index contributed by atoms with van der Waals surface area (Å²) in [5, 5.41) is 8.71. The van der Waals surface area contributed by atoms with Crippen LogP contribution in [0.2, 0.25) is 0 Å². The van der Waals surface area contributed by atoms with E-state index in [1.807, 2.05) is 0 Å². The third-order valence-electron chi connectivity index (χ3n) is 4.26. The maximum absolute atomic E-state index is 13.6. The van der Waals surface area contributed by atoms with Gasteiger partial charge in [-0.15, -0.1) is 0 Å². The van der Waals surface area contributed by atoms with Gasteiger partial charge in [0.05, 0.1) is 10.6 Å². The Kier molecular flexibility index (Phi) is 4.76. The first-order valence-electron chi connectivity index (χ1n) is 8.00. The summed E-state index contributed by atoms with van der Waals surface area (Å²) < 4.78 is 40.7. The van der Waals surface area contributed by atoms with Crippen molar-refractivity contribution < 1.29 is 22.7 Å². The van der Waals surface area contributed by atoms with Crippen LogP contribution in [0.4, 0.5) is 10.1 Å². The lowest BCUT2D eigenvalue weighted by molar-refractivity contribution is -0.136. The summed E-state index contributed by atoms with van der Waals surface area (Å²) in [6.45, 7) is 0.305. The van der Waals surface area contributed by atoms with Gasteiger partial charge in [-0.3, -0.25) is 9.10 Å². The molecule has 3 rings (SSSR count). The summed E-state index contributed by atoms with van der Waals surface area (Å²) in [7, 11) is -3.79. The van der Waals surface area contributed by atoms with Crippen molar-refractivity contribution in [1.29, 1.82) is 0 Å². The molecule has 25 heavy (non-hydrogen) atoms. The Balaban J connectivity index is 1.90. The van der Waals surface area contributed by atoms with E-state index in [4.69, 9.17) is 5.11 Å². The summed E-state index contributed by atoms with van der Waals surface area (Å²) in [5.41, 5.74) is 1.96. The Labute approximate surface area is 145 Å². The van der Waals surface area contributed by atoms with Crippen molar-refractivity contribution in [3.05, 3.63) is 59.4 Å². The van der Waals surface area contributed by atoms with Crippen molar-refractivity contribution in [3.63, 3.8) is 0 Å². The molecule has 7 heteroatoms. The number of hydrogen-bond donors (Lipinski definition) is 1. The highest BCUT2D eigenvalue weighted by atomic mass is 32.2. The fourth-order valence-electron chi connectivity index (χ4n) is 2.97. The average Bonchev–Trinajstić information content (AvgIpc) is 2.59. The van der Waals surface area contributed by atoms with Gasteiger partial charge in [-0.2, -0.15) is 0 Å². The Morgan fingerprint density at radius 2 is 1.88 bits per heavy atom. The maximum atomic E-state index is 13.6. The first-order chi connectivity index (χ1) is 11.9. The molecule has 1 aliphatic rings. The highest BCUT2D eigenvalue weighted by Gasteiger charge is 2.29. The summed E-state index contributed by atoms with van der Waals surface area (Å²) in [4.78, 5) is 10.7. The number of benzene rings is 2. The predicted octanol–water partition coefficient (Wildman–Crippen LogP) is 2.98. The largest absolute Gasteiger partial charge is 0.481 e. The van der Waals surface area contributed by atoms with Crippen LogP contribution in [-0.4, -0.2) is 26.0 Å². The number of aryl methyl sites for hydroxylation is 2. The van der Waals surface area contributed by atoms with Crippen LogP contribution in [0.1, 0.15) is 24.0 Å². The zero-order valence-corrected chi connectivity index (χ0v) is 14.3. The molecule has 0 aliphatic carbocycles. The molecule has 5 nitrogen and oxygen atoms in total. The minimum atomic E-state index is -3.79. The van der Waals surface area contributed by atoms with Crippen molar-refractivity contribution in [2.24, 2.45) is 0 Å². The molecular weight excluding hydrogens is 345 g/mol. The van der Waals surface area contributed by atoms with E-state index in [-0.39, 0.29) is 11.3 Å². The monoisotopic (exact) mass is 363 g/mol. The number of nitrogens with zero attached hydrogens (tertiary/aromatic N) is 1. The van der Waals surface area contributed by atoms with Crippen LogP contribution < -0.4 is 4.31 Å². The molecule has 0 spiro atoms. The van der Waals surface area contributed by atoms with Gasteiger partial charge in [0, 0.05) is 13.0 Å². The Bertz CT molecular complexity index is 894. The Hall–Kier alpha value is -2.41. The lowest BCUT2D eigenvalue weighted by Gasteiger charge is -2.30. The molecule has 2 aromatic carbocycles. The number of carbonyl (C=O) groups is 1. The van der Waals surface area contributed by atoms with Crippen molar-refractivity contribution >= 4 is 21.7 Å². The van der Waals surface area contributed by atoms with Crippen LogP contribution in [0.5, 0.6) is 0 Å². The zero-order valence-electron chi connectivity index (χ0n) is 13.5. The molecular formula is C18H18FNO4S. The summed E-state index contributed by atoms with van der Waals surface area (Å²) in [6, 6.07) is 10.4. The lowest BCUT2D eigenvalue weighted by atomic mass is 10.0. The first-order valence-corrected chi connectivity index (χ1v) is 9.44. The van der Waals surface area contributed by atoms with Crippen molar-refractivity contribution in [1.82, 2.24) is 0 Å². The third-order valence-corrected chi connectivity index (χ3v) is 6.09. The Morgan fingerprint density at radius 1 is 1.16 bits per heavy atom. The standard InChI is InChI=1S/C18H18FNO4S/c19-15-7-6-14-2-1-11-20(17(14)12-15)25(23,24)16-8-3-13(4-9-16)5-10-18(21)22/h3-4,6-9,12H,1-2,5,10-11H2,(H,21,22). The van der Waals surface area contributed by atoms with E-state index in [0.717, 1.165) is 17.5 Å². The van der Waals surface area contributed by atoms with E-state index >= 15 is 0 Å². The molecule has 0 saturated heterocycles. The summed E-state index contributed by atoms with van der Waals surface area (Å²) in [5.74, 6) is -1.37. The minimum Gasteiger partial charge on any atom is -0.481 e. The molecule has 1 aliphatic heterocycles. The van der Waals surface area contributed by atoms with Crippen LogP contribution in [-0.2, 0) is 27.7 Å². The number of halogens is 1. The number of fused-ring (bicyclic) bond motifs is 1. The second-order valence-corrected chi connectivity index (χ2v) is 7.85. The van der Waals surface area contributed by atoms with E-state index in [9.17, 15) is 17.6 Å². The molecule has 132 valence electrons. The van der Waals surface area contributed by atoms with E-state index in [1.54, 1.807) is 18.2 Å². The van der Waals surface area contributed by atoms with Gasteiger partial charge in [0.15, 0.2) is 0 Å². The number of anilines is 1. The number of sulfonamides is 1. The molecule has 0 bridgehead atoms. The molecule has 0 atom stereocenters. The maximum Gasteiger partial charge on any atom is 0.303 e. The highest BCUT2D eigenvalue weighted by Crippen LogP contribution is 2.32. The first kappa shape index (κ1) is 17.4.